The van der Waals surface area contributed by atoms with Gasteiger partial charge >= 0.3 is 5.63 Å². The van der Waals surface area contributed by atoms with Gasteiger partial charge in [0.1, 0.15) is 34.4 Å². The number of nitrogens with one attached hydrogen (secondary N) is 1. The van der Waals surface area contributed by atoms with Crippen molar-refractivity contribution < 1.29 is 33.0 Å². The Hall–Kier alpha value is -2.41. The highest BCUT2D eigenvalue weighted by Crippen LogP contribution is 2.30. The van der Waals surface area contributed by atoms with Crippen LogP contribution in [-0.2, 0) is 23.8 Å². The third kappa shape index (κ3) is 10.5. The average molecular weight is 542 g/mol. The number of carbonyl (C=O) groups excluding carboxylic acids is 1. The summed E-state index contributed by atoms with van der Waals surface area (Å²) >= 11 is 1.44. The molecular formula is C25H39N3O8S. The minimum absolute atomic E-state index is 0.260. The van der Waals surface area contributed by atoms with Crippen LogP contribution in [0.2, 0.25) is 0 Å². The standard InChI is InChI=1S/C25H39N3O8S/c1-6-8-20(21-15-19(31-5)16-22(29)36-21)26-24(30)25(4)17-37-23(27-25)18(3)28-35-14-13-34-12-11-33-10-9-32-7-2/h15-16,20H,6-14,17H2,1-5H3,(H,26,30)/b28-18+/t20-,25?/m1/s1. The van der Waals surface area contributed by atoms with Gasteiger partial charge in [-0.15, -0.1) is 11.8 Å². The van der Waals surface area contributed by atoms with Crippen LogP contribution in [-0.4, -0.2) is 81.3 Å². The number of ether oxygens (including phenoxy) is 4. The first kappa shape index (κ1) is 30.8. The second-order valence-electron chi connectivity index (χ2n) is 8.44. The molecular weight excluding hydrogens is 502 g/mol. The van der Waals surface area contributed by atoms with Crippen molar-refractivity contribution in [3.05, 3.63) is 28.3 Å². The molecule has 0 spiro atoms. The van der Waals surface area contributed by atoms with Gasteiger partial charge in [0.2, 0.25) is 5.91 Å². The van der Waals surface area contributed by atoms with Crippen molar-refractivity contribution >= 4 is 28.4 Å². The average Bonchev–Trinajstić information content (AvgIpc) is 3.30. The normalized spacial score (nSPS) is 18.4. The maximum atomic E-state index is 13.2. The Morgan fingerprint density at radius 1 is 1.16 bits per heavy atom. The van der Waals surface area contributed by atoms with Gasteiger partial charge in [0.25, 0.3) is 0 Å². The molecule has 0 fully saturated rings. The molecule has 2 heterocycles. The topological polar surface area (TPSA) is 130 Å². The lowest BCUT2D eigenvalue weighted by Gasteiger charge is -2.24. The van der Waals surface area contributed by atoms with E-state index in [1.165, 1.54) is 24.9 Å². The van der Waals surface area contributed by atoms with E-state index in [0.29, 0.717) is 74.1 Å². The Bertz CT molecular complexity index is 968. The van der Waals surface area contributed by atoms with Crippen molar-refractivity contribution in [2.24, 2.45) is 10.1 Å². The fraction of sp³-hybridized carbons (Fsp3) is 0.680. The molecule has 11 nitrogen and oxygen atoms in total. The second kappa shape index (κ2) is 16.4. The third-order valence-corrected chi connectivity index (χ3v) is 6.70. The molecule has 1 unspecified atom stereocenters. The number of amides is 1. The van der Waals surface area contributed by atoms with Gasteiger partial charge in [0.05, 0.1) is 52.3 Å². The van der Waals surface area contributed by atoms with Crippen LogP contribution in [0, 0.1) is 0 Å². The Kier molecular flexibility index (Phi) is 13.7. The lowest BCUT2D eigenvalue weighted by atomic mass is 10.0. The van der Waals surface area contributed by atoms with E-state index in [1.807, 2.05) is 13.8 Å². The van der Waals surface area contributed by atoms with Gasteiger partial charge in [0, 0.05) is 18.4 Å². The second-order valence-corrected chi connectivity index (χ2v) is 9.41. The number of hydrogen-bond donors (Lipinski definition) is 1. The largest absolute Gasteiger partial charge is 0.496 e. The van der Waals surface area contributed by atoms with Crippen molar-refractivity contribution in [3.8, 4) is 5.75 Å². The van der Waals surface area contributed by atoms with Gasteiger partial charge in [0.15, 0.2) is 0 Å². The summed E-state index contributed by atoms with van der Waals surface area (Å²) in [5.74, 6) is 0.925. The van der Waals surface area contributed by atoms with E-state index in [-0.39, 0.29) is 12.5 Å². The highest BCUT2D eigenvalue weighted by atomic mass is 32.2. The Balaban J connectivity index is 1.85. The fourth-order valence-corrected chi connectivity index (χ4v) is 4.44. The van der Waals surface area contributed by atoms with E-state index >= 15 is 0 Å². The summed E-state index contributed by atoms with van der Waals surface area (Å²) in [7, 11) is 1.47. The van der Waals surface area contributed by atoms with Gasteiger partial charge in [-0.2, -0.15) is 0 Å². The van der Waals surface area contributed by atoms with Crippen LogP contribution in [0.15, 0.2) is 31.5 Å². The zero-order valence-electron chi connectivity index (χ0n) is 22.4. The van der Waals surface area contributed by atoms with Gasteiger partial charge in [-0.3, -0.25) is 9.79 Å². The van der Waals surface area contributed by atoms with Crippen molar-refractivity contribution in [3.63, 3.8) is 0 Å². The number of methoxy groups -OCH3 is 1. The van der Waals surface area contributed by atoms with E-state index < -0.39 is 17.2 Å². The van der Waals surface area contributed by atoms with E-state index in [4.69, 9.17) is 28.2 Å². The summed E-state index contributed by atoms with van der Waals surface area (Å²) in [5, 5.41) is 7.74. The van der Waals surface area contributed by atoms with Crippen LogP contribution in [0.4, 0.5) is 0 Å². The summed E-state index contributed by atoms with van der Waals surface area (Å²) in [5.41, 5.74) is -0.937. The number of oxime groups is 1. The van der Waals surface area contributed by atoms with Crippen LogP contribution >= 0.6 is 11.8 Å². The molecule has 1 aromatic heterocycles. The molecule has 208 valence electrons. The molecule has 1 aromatic rings. The molecule has 2 rings (SSSR count). The number of nitrogens with zero attached hydrogens (tertiary/aromatic N) is 2. The summed E-state index contributed by atoms with van der Waals surface area (Å²) < 4.78 is 26.5. The summed E-state index contributed by atoms with van der Waals surface area (Å²) in [4.78, 5) is 35.1. The predicted octanol–water partition coefficient (Wildman–Crippen LogP) is 2.97. The molecule has 1 N–H and O–H groups in total. The molecule has 1 aliphatic heterocycles. The quantitative estimate of drug-likeness (QED) is 0.169. The van der Waals surface area contributed by atoms with Crippen molar-refractivity contribution in [1.29, 1.82) is 0 Å². The predicted molar refractivity (Wildman–Crippen MR) is 143 cm³/mol. The summed E-state index contributed by atoms with van der Waals surface area (Å²) in [6, 6.07) is 2.40. The maximum absolute atomic E-state index is 13.2. The molecule has 0 aromatic carbocycles. The number of hydrogen-bond acceptors (Lipinski definition) is 11. The van der Waals surface area contributed by atoms with Gasteiger partial charge in [-0.05, 0) is 27.2 Å². The van der Waals surface area contributed by atoms with Crippen LogP contribution in [0.5, 0.6) is 5.75 Å². The maximum Gasteiger partial charge on any atom is 0.339 e. The van der Waals surface area contributed by atoms with Crippen LogP contribution in [0.3, 0.4) is 0 Å². The molecule has 1 amide bonds. The molecule has 0 saturated carbocycles. The minimum atomic E-state index is -0.993. The van der Waals surface area contributed by atoms with Crippen molar-refractivity contribution in [2.75, 3.05) is 59.1 Å². The molecule has 37 heavy (non-hydrogen) atoms. The van der Waals surface area contributed by atoms with E-state index in [0.717, 1.165) is 6.42 Å². The first-order valence-corrected chi connectivity index (χ1v) is 13.4. The zero-order chi connectivity index (χ0) is 27.1. The van der Waals surface area contributed by atoms with Gasteiger partial charge < -0.3 is 33.5 Å². The monoisotopic (exact) mass is 541 g/mol. The molecule has 0 radical (unpaired) electrons. The number of rotatable bonds is 18. The summed E-state index contributed by atoms with van der Waals surface area (Å²) in [6.45, 7) is 10.9. The smallest absolute Gasteiger partial charge is 0.339 e. The van der Waals surface area contributed by atoms with Crippen LogP contribution in [0.1, 0.15) is 52.3 Å². The minimum Gasteiger partial charge on any atom is -0.496 e. The highest BCUT2D eigenvalue weighted by Gasteiger charge is 2.40. The molecule has 2 atom stereocenters. The molecule has 1 aliphatic rings. The number of aliphatic imine (C=N–C) groups is 1. The first-order valence-electron chi connectivity index (χ1n) is 12.5. The number of thioether (sulfide) groups is 1. The molecule has 0 saturated heterocycles. The number of carbonyl (C=O) groups is 1. The van der Waals surface area contributed by atoms with Crippen LogP contribution in [0.25, 0.3) is 0 Å². The van der Waals surface area contributed by atoms with Gasteiger partial charge in [-0.25, -0.2) is 4.79 Å². The fourth-order valence-electron chi connectivity index (χ4n) is 3.31. The molecule has 0 bridgehead atoms. The highest BCUT2D eigenvalue weighted by molar-refractivity contribution is 8.16. The van der Waals surface area contributed by atoms with Crippen molar-refractivity contribution in [2.45, 2.75) is 52.1 Å². The van der Waals surface area contributed by atoms with E-state index in [2.05, 4.69) is 15.5 Å². The molecule has 0 aliphatic carbocycles. The zero-order valence-corrected chi connectivity index (χ0v) is 23.2. The van der Waals surface area contributed by atoms with Crippen molar-refractivity contribution in [1.82, 2.24) is 5.32 Å². The van der Waals surface area contributed by atoms with E-state index in [9.17, 15) is 9.59 Å². The SMILES string of the molecule is CCC[C@@H](NC(=O)C1(C)CSC(/C(C)=N/OCCOCCOCCOCC)=N1)c1cc(OC)cc(=O)o1. The Labute approximate surface area is 222 Å². The lowest BCUT2D eigenvalue weighted by Crippen LogP contribution is -2.45. The van der Waals surface area contributed by atoms with Gasteiger partial charge in [-0.1, -0.05) is 18.5 Å². The lowest BCUT2D eigenvalue weighted by molar-refractivity contribution is -0.125. The molecule has 12 heteroatoms. The third-order valence-electron chi connectivity index (χ3n) is 5.33. The first-order chi connectivity index (χ1) is 17.8. The Morgan fingerprint density at radius 2 is 1.84 bits per heavy atom. The Morgan fingerprint density at radius 3 is 2.49 bits per heavy atom. The summed E-state index contributed by atoms with van der Waals surface area (Å²) in [6.07, 6.45) is 1.37. The van der Waals surface area contributed by atoms with E-state index in [1.54, 1.807) is 19.9 Å². The van der Waals surface area contributed by atoms with Crippen LogP contribution < -0.4 is 15.7 Å².